The van der Waals surface area contributed by atoms with E-state index < -0.39 is 20.2 Å². The first kappa shape index (κ1) is 27.1. The summed E-state index contributed by atoms with van der Waals surface area (Å²) >= 11 is 9.68. The number of tetrazole rings is 2. The summed E-state index contributed by atoms with van der Waals surface area (Å²) in [5, 5.41) is 18.9. The van der Waals surface area contributed by atoms with Crippen LogP contribution in [-0.4, -0.2) is 66.4 Å². The maximum atomic E-state index is 10.9. The van der Waals surface area contributed by atoms with E-state index in [0.29, 0.717) is 11.4 Å². The predicted molar refractivity (Wildman–Crippen MR) is 111 cm³/mol. The SMILES string of the molecule is O=S(=O)(O)c1cccc(-n2[nH]nnc2=S)c1.O=S(=O)([O-])c1cccc(-n2[nH]nnc2=S)c1.[Na+]. The smallest absolute Gasteiger partial charge is 0.744 e. The summed E-state index contributed by atoms with van der Waals surface area (Å²) < 4.78 is 66.0. The van der Waals surface area contributed by atoms with Crippen molar-refractivity contribution >= 4 is 44.7 Å². The Hall–Kier alpha value is -2.16. The largest absolute Gasteiger partial charge is 1.00 e. The zero-order valence-electron chi connectivity index (χ0n) is 16.4. The van der Waals surface area contributed by atoms with Crippen LogP contribution in [0, 0.1) is 9.54 Å². The van der Waals surface area contributed by atoms with E-state index in [2.05, 4.69) is 31.1 Å². The molecule has 0 amide bonds. The molecule has 0 bridgehead atoms. The molecule has 0 radical (unpaired) electrons. The number of H-pyrrole nitrogens is 2. The third-order valence-electron chi connectivity index (χ3n) is 3.68. The Morgan fingerprint density at radius 1 is 0.818 bits per heavy atom. The summed E-state index contributed by atoms with van der Waals surface area (Å²) in [4.78, 5) is -0.553. The first-order valence-corrected chi connectivity index (χ1v) is 11.8. The molecule has 0 aliphatic carbocycles. The summed E-state index contributed by atoms with van der Waals surface area (Å²) in [6.07, 6.45) is 0. The Bertz CT molecular complexity index is 1470. The van der Waals surface area contributed by atoms with Crippen molar-refractivity contribution in [2.24, 2.45) is 0 Å². The number of hydrogen-bond acceptors (Lipinski definition) is 11. The fourth-order valence-electron chi connectivity index (χ4n) is 2.29. The average molecular weight is 539 g/mol. The number of nitrogens with one attached hydrogen (secondary N) is 2. The molecule has 0 fully saturated rings. The van der Waals surface area contributed by atoms with Gasteiger partial charge in [0.1, 0.15) is 10.1 Å². The molecule has 0 saturated carbocycles. The molecule has 3 N–H and O–H groups in total. The molecule has 2 aromatic heterocycles. The van der Waals surface area contributed by atoms with E-state index in [1.165, 1.54) is 45.8 Å². The van der Waals surface area contributed by atoms with E-state index in [4.69, 9.17) is 29.0 Å². The maximum Gasteiger partial charge on any atom is 1.00 e. The fraction of sp³-hybridized carbons (Fsp3) is 0. The Morgan fingerprint density at radius 2 is 1.24 bits per heavy atom. The molecular formula is C14H11N8NaO6S4. The number of rotatable bonds is 4. The molecule has 14 nitrogen and oxygen atoms in total. The summed E-state index contributed by atoms with van der Waals surface area (Å²) in [7, 11) is -8.71. The van der Waals surface area contributed by atoms with Crippen molar-refractivity contribution in [2.75, 3.05) is 0 Å². The van der Waals surface area contributed by atoms with E-state index in [1.807, 2.05) is 0 Å². The van der Waals surface area contributed by atoms with Crippen LogP contribution in [-0.2, 0) is 20.2 Å². The van der Waals surface area contributed by atoms with Crippen LogP contribution in [0.15, 0.2) is 58.3 Å². The summed E-state index contributed by atoms with van der Waals surface area (Å²) in [6.45, 7) is 0. The molecular weight excluding hydrogens is 527 g/mol. The van der Waals surface area contributed by atoms with Crippen molar-refractivity contribution in [3.05, 3.63) is 58.1 Å². The molecule has 2 heterocycles. The molecule has 0 spiro atoms. The number of hydrogen-bond donors (Lipinski definition) is 3. The van der Waals surface area contributed by atoms with Crippen LogP contribution in [0.2, 0.25) is 0 Å². The van der Waals surface area contributed by atoms with Crippen LogP contribution >= 0.6 is 24.4 Å². The number of aromatic amines is 2. The Labute approximate surface area is 218 Å². The van der Waals surface area contributed by atoms with Gasteiger partial charge in [0.25, 0.3) is 10.1 Å². The van der Waals surface area contributed by atoms with Crippen molar-refractivity contribution in [1.29, 1.82) is 0 Å². The van der Waals surface area contributed by atoms with E-state index in [-0.39, 0.29) is 48.9 Å². The van der Waals surface area contributed by atoms with Crippen molar-refractivity contribution in [1.82, 2.24) is 40.4 Å². The van der Waals surface area contributed by atoms with E-state index in [1.54, 1.807) is 12.1 Å². The van der Waals surface area contributed by atoms with Crippen LogP contribution in [0.25, 0.3) is 11.4 Å². The standard InChI is InChI=1S/2C7H6N4O3S2.Na/c2*12-16(13,14)6-3-1-2-5(4-6)11-7(15)8-9-10-11;/h2*1-4H,(H,8,10,15)(H,12,13,14);/q;;+1/p-1. The normalized spacial score (nSPS) is 11.2. The van der Waals surface area contributed by atoms with E-state index in [0.717, 1.165) is 0 Å². The van der Waals surface area contributed by atoms with Gasteiger partial charge in [-0.05, 0) is 60.8 Å². The Kier molecular flexibility index (Phi) is 8.90. The predicted octanol–water partition coefficient (Wildman–Crippen LogP) is -2.20. The quantitative estimate of drug-likeness (QED) is 0.144. The van der Waals surface area contributed by atoms with Gasteiger partial charge in [-0.25, -0.2) is 17.8 Å². The maximum absolute atomic E-state index is 10.9. The molecule has 33 heavy (non-hydrogen) atoms. The fourth-order valence-corrected chi connectivity index (χ4v) is 3.70. The first-order chi connectivity index (χ1) is 15.0. The van der Waals surface area contributed by atoms with Gasteiger partial charge in [0.2, 0.25) is 9.54 Å². The second-order valence-electron chi connectivity index (χ2n) is 5.76. The Morgan fingerprint density at radius 3 is 1.61 bits per heavy atom. The first-order valence-electron chi connectivity index (χ1n) is 8.11. The van der Waals surface area contributed by atoms with Crippen molar-refractivity contribution < 1.29 is 55.5 Å². The molecule has 0 saturated heterocycles. The van der Waals surface area contributed by atoms with Gasteiger partial charge in [-0.2, -0.15) is 18.8 Å². The van der Waals surface area contributed by atoms with E-state index in [9.17, 15) is 21.4 Å². The summed E-state index contributed by atoms with van der Waals surface area (Å²) in [5.41, 5.74) is 0.803. The molecule has 2 aromatic carbocycles. The van der Waals surface area contributed by atoms with Crippen LogP contribution in [0.5, 0.6) is 0 Å². The van der Waals surface area contributed by atoms with Crippen LogP contribution in [0.4, 0.5) is 0 Å². The monoisotopic (exact) mass is 538 g/mol. The average Bonchev–Trinajstić information content (AvgIpc) is 3.35. The third-order valence-corrected chi connectivity index (χ3v) is 5.89. The van der Waals surface area contributed by atoms with Crippen molar-refractivity contribution in [3.63, 3.8) is 0 Å². The van der Waals surface area contributed by atoms with Crippen LogP contribution in [0.1, 0.15) is 0 Å². The van der Waals surface area contributed by atoms with Crippen LogP contribution < -0.4 is 29.6 Å². The minimum atomic E-state index is -4.48. The molecule has 0 atom stereocenters. The van der Waals surface area contributed by atoms with Crippen molar-refractivity contribution in [3.8, 4) is 11.4 Å². The second-order valence-corrected chi connectivity index (χ2v) is 9.29. The van der Waals surface area contributed by atoms with Gasteiger partial charge in [0.05, 0.1) is 21.2 Å². The topological polar surface area (TPSA) is 205 Å². The molecule has 4 aromatic rings. The zero-order valence-corrected chi connectivity index (χ0v) is 21.7. The molecule has 0 aliphatic heterocycles. The van der Waals surface area contributed by atoms with Gasteiger partial charge >= 0.3 is 29.6 Å². The van der Waals surface area contributed by atoms with Crippen LogP contribution in [0.3, 0.4) is 0 Å². The van der Waals surface area contributed by atoms with Gasteiger partial charge < -0.3 is 4.55 Å². The Balaban J connectivity index is 0.000000227. The minimum absolute atomic E-state index is 0. The molecule has 168 valence electrons. The number of benzene rings is 2. The van der Waals surface area contributed by atoms with E-state index >= 15 is 0 Å². The molecule has 0 aliphatic rings. The van der Waals surface area contributed by atoms with Gasteiger partial charge in [-0.1, -0.05) is 32.8 Å². The summed E-state index contributed by atoms with van der Waals surface area (Å²) in [6, 6.07) is 11.0. The molecule has 19 heteroatoms. The van der Waals surface area contributed by atoms with Gasteiger partial charge in [-0.15, -0.1) is 0 Å². The number of aromatic nitrogens is 8. The van der Waals surface area contributed by atoms with Gasteiger partial charge in [-0.3, -0.25) is 4.55 Å². The molecule has 0 unspecified atom stereocenters. The third kappa shape index (κ3) is 6.91. The van der Waals surface area contributed by atoms with Gasteiger partial charge in [0.15, 0.2) is 0 Å². The molecule has 4 rings (SSSR count). The van der Waals surface area contributed by atoms with Gasteiger partial charge in [0, 0.05) is 0 Å². The second kappa shape index (κ2) is 10.8. The zero-order chi connectivity index (χ0) is 23.5. The minimum Gasteiger partial charge on any atom is -0.744 e. The summed E-state index contributed by atoms with van der Waals surface area (Å²) in [5.74, 6) is 0. The van der Waals surface area contributed by atoms with Crippen molar-refractivity contribution in [2.45, 2.75) is 9.79 Å². The number of nitrogens with zero attached hydrogens (tertiary/aromatic N) is 6.